The summed E-state index contributed by atoms with van der Waals surface area (Å²) in [6.07, 6.45) is 6.24. The molecule has 0 aromatic heterocycles. The Morgan fingerprint density at radius 1 is 1.11 bits per heavy atom. The van der Waals surface area contributed by atoms with Gasteiger partial charge in [0.25, 0.3) is 5.91 Å². The molecule has 1 saturated heterocycles. The van der Waals surface area contributed by atoms with Gasteiger partial charge in [-0.25, -0.2) is 4.39 Å². The van der Waals surface area contributed by atoms with Crippen molar-refractivity contribution in [3.8, 4) is 0 Å². The van der Waals surface area contributed by atoms with Gasteiger partial charge in [-0.1, -0.05) is 31.4 Å². The molecular formula is C16H20FNO. The average Bonchev–Trinajstić information content (AvgIpc) is 2.46. The second-order valence-corrected chi connectivity index (χ2v) is 5.82. The maximum Gasteiger partial charge on any atom is 0.256 e. The second-order valence-electron chi connectivity index (χ2n) is 5.82. The van der Waals surface area contributed by atoms with E-state index in [0.717, 1.165) is 25.4 Å². The molecule has 1 aromatic carbocycles. The third-order valence-electron chi connectivity index (χ3n) is 4.68. The molecule has 0 bridgehead atoms. The fraction of sp³-hybridized carbons (Fsp3) is 0.562. The van der Waals surface area contributed by atoms with Crippen molar-refractivity contribution in [2.24, 2.45) is 11.8 Å². The molecule has 0 spiro atoms. The number of piperidine rings is 1. The minimum atomic E-state index is -0.404. The summed E-state index contributed by atoms with van der Waals surface area (Å²) in [5.74, 6) is 0.886. The highest BCUT2D eigenvalue weighted by atomic mass is 19.1. The fourth-order valence-corrected chi connectivity index (χ4v) is 3.59. The van der Waals surface area contributed by atoms with E-state index in [9.17, 15) is 9.18 Å². The number of carbonyl (C=O) groups is 1. The molecule has 1 heterocycles. The third kappa shape index (κ3) is 2.51. The van der Waals surface area contributed by atoms with Crippen molar-refractivity contribution < 1.29 is 9.18 Å². The van der Waals surface area contributed by atoms with Gasteiger partial charge in [-0.05, 0) is 36.8 Å². The Bertz CT molecular complexity index is 474. The molecular weight excluding hydrogens is 241 g/mol. The molecule has 1 aromatic rings. The van der Waals surface area contributed by atoms with Crippen LogP contribution < -0.4 is 0 Å². The molecule has 2 nitrogen and oxygen atoms in total. The number of carbonyl (C=O) groups excluding carboxylic acids is 1. The van der Waals surface area contributed by atoms with Gasteiger partial charge in [0.2, 0.25) is 0 Å². The molecule has 1 amide bonds. The van der Waals surface area contributed by atoms with Gasteiger partial charge in [0.1, 0.15) is 5.82 Å². The van der Waals surface area contributed by atoms with E-state index in [2.05, 4.69) is 0 Å². The number of hydrogen-bond acceptors (Lipinski definition) is 1. The van der Waals surface area contributed by atoms with Crippen LogP contribution in [0.3, 0.4) is 0 Å². The topological polar surface area (TPSA) is 20.3 Å². The maximum absolute atomic E-state index is 13.7. The quantitative estimate of drug-likeness (QED) is 0.758. The highest BCUT2D eigenvalue weighted by molar-refractivity contribution is 5.94. The summed E-state index contributed by atoms with van der Waals surface area (Å²) >= 11 is 0. The number of nitrogens with zero attached hydrogens (tertiary/aromatic N) is 1. The molecule has 1 aliphatic heterocycles. The molecule has 2 unspecified atom stereocenters. The summed E-state index contributed by atoms with van der Waals surface area (Å²) in [5, 5.41) is 0. The molecule has 2 fully saturated rings. The normalized spacial score (nSPS) is 26.9. The van der Waals surface area contributed by atoms with Crippen LogP contribution in [-0.4, -0.2) is 23.9 Å². The Kier molecular flexibility index (Phi) is 3.54. The van der Waals surface area contributed by atoms with Crippen LogP contribution in [0.5, 0.6) is 0 Å². The van der Waals surface area contributed by atoms with Crippen LogP contribution in [0.4, 0.5) is 4.39 Å². The zero-order valence-electron chi connectivity index (χ0n) is 11.1. The smallest absolute Gasteiger partial charge is 0.256 e. The minimum Gasteiger partial charge on any atom is -0.338 e. The molecule has 2 aliphatic rings. The fourth-order valence-electron chi connectivity index (χ4n) is 3.59. The number of likely N-dealkylation sites (tertiary alicyclic amines) is 1. The van der Waals surface area contributed by atoms with Crippen molar-refractivity contribution in [1.29, 1.82) is 0 Å². The summed E-state index contributed by atoms with van der Waals surface area (Å²) in [6, 6.07) is 6.30. The second kappa shape index (κ2) is 5.32. The van der Waals surface area contributed by atoms with Crippen molar-refractivity contribution in [2.45, 2.75) is 32.1 Å². The predicted octanol–water partition coefficient (Wildman–Crippen LogP) is 3.48. The van der Waals surface area contributed by atoms with Crippen LogP contribution in [0.25, 0.3) is 0 Å². The zero-order chi connectivity index (χ0) is 13.2. The van der Waals surface area contributed by atoms with Gasteiger partial charge in [-0.15, -0.1) is 0 Å². The number of benzene rings is 1. The molecule has 3 heteroatoms. The molecule has 1 saturated carbocycles. The van der Waals surface area contributed by atoms with Crippen molar-refractivity contribution in [3.05, 3.63) is 35.6 Å². The van der Waals surface area contributed by atoms with E-state index in [1.165, 1.54) is 31.7 Å². The summed E-state index contributed by atoms with van der Waals surface area (Å²) in [7, 11) is 0. The number of halogens is 1. The summed E-state index contributed by atoms with van der Waals surface area (Å²) < 4.78 is 13.7. The van der Waals surface area contributed by atoms with E-state index in [1.807, 2.05) is 4.90 Å². The summed E-state index contributed by atoms with van der Waals surface area (Å²) in [5.41, 5.74) is 0.219. The lowest BCUT2D eigenvalue weighted by atomic mass is 9.75. The van der Waals surface area contributed by atoms with E-state index in [4.69, 9.17) is 0 Å². The lowest BCUT2D eigenvalue weighted by molar-refractivity contribution is 0.0516. The summed E-state index contributed by atoms with van der Waals surface area (Å²) in [4.78, 5) is 14.2. The Hall–Kier alpha value is -1.38. The van der Waals surface area contributed by atoms with E-state index in [1.54, 1.807) is 18.2 Å². The average molecular weight is 261 g/mol. The highest BCUT2D eigenvalue weighted by Gasteiger charge is 2.33. The number of hydrogen-bond donors (Lipinski definition) is 0. The Labute approximate surface area is 113 Å². The van der Waals surface area contributed by atoms with Gasteiger partial charge in [-0.3, -0.25) is 4.79 Å². The predicted molar refractivity (Wildman–Crippen MR) is 72.4 cm³/mol. The van der Waals surface area contributed by atoms with E-state index in [-0.39, 0.29) is 11.5 Å². The third-order valence-corrected chi connectivity index (χ3v) is 4.68. The first-order valence-electron chi connectivity index (χ1n) is 7.29. The largest absolute Gasteiger partial charge is 0.338 e. The monoisotopic (exact) mass is 261 g/mol. The van der Waals surface area contributed by atoms with Crippen LogP contribution in [0.1, 0.15) is 42.5 Å². The first kappa shape index (κ1) is 12.6. The van der Waals surface area contributed by atoms with E-state index < -0.39 is 5.82 Å². The van der Waals surface area contributed by atoms with Gasteiger partial charge in [0.15, 0.2) is 0 Å². The lowest BCUT2D eigenvalue weighted by Gasteiger charge is -2.41. The molecule has 0 radical (unpaired) electrons. The van der Waals surface area contributed by atoms with Crippen molar-refractivity contribution in [2.75, 3.05) is 13.1 Å². The molecule has 1 aliphatic carbocycles. The Balaban J connectivity index is 1.73. The minimum absolute atomic E-state index is 0.137. The first-order chi connectivity index (χ1) is 9.25. The van der Waals surface area contributed by atoms with Crippen molar-refractivity contribution in [1.82, 2.24) is 4.90 Å². The Morgan fingerprint density at radius 2 is 1.84 bits per heavy atom. The Morgan fingerprint density at radius 3 is 2.63 bits per heavy atom. The number of rotatable bonds is 1. The van der Waals surface area contributed by atoms with Crippen LogP contribution >= 0.6 is 0 Å². The molecule has 102 valence electrons. The lowest BCUT2D eigenvalue weighted by Crippen LogP contribution is -2.45. The van der Waals surface area contributed by atoms with E-state index in [0.29, 0.717) is 5.92 Å². The van der Waals surface area contributed by atoms with Crippen LogP contribution in [0.15, 0.2) is 24.3 Å². The molecule has 19 heavy (non-hydrogen) atoms. The van der Waals surface area contributed by atoms with Crippen LogP contribution in [0, 0.1) is 17.7 Å². The SMILES string of the molecule is O=C(c1ccccc1F)N1CCC2CCCCC2C1. The molecule has 3 rings (SSSR count). The summed E-state index contributed by atoms with van der Waals surface area (Å²) in [6.45, 7) is 1.60. The first-order valence-corrected chi connectivity index (χ1v) is 7.29. The molecule has 2 atom stereocenters. The standard InChI is InChI=1S/C16H20FNO/c17-15-8-4-3-7-14(15)16(19)18-10-9-12-5-1-2-6-13(12)11-18/h3-4,7-8,12-13H,1-2,5-6,9-11H2. The van der Waals surface area contributed by atoms with Gasteiger partial charge >= 0.3 is 0 Å². The maximum atomic E-state index is 13.7. The van der Waals surface area contributed by atoms with Crippen molar-refractivity contribution in [3.63, 3.8) is 0 Å². The zero-order valence-corrected chi connectivity index (χ0v) is 11.1. The van der Waals surface area contributed by atoms with Gasteiger partial charge in [0.05, 0.1) is 5.56 Å². The van der Waals surface area contributed by atoms with Gasteiger partial charge in [-0.2, -0.15) is 0 Å². The van der Waals surface area contributed by atoms with Gasteiger partial charge < -0.3 is 4.90 Å². The molecule has 0 N–H and O–H groups in total. The van der Waals surface area contributed by atoms with E-state index >= 15 is 0 Å². The highest BCUT2D eigenvalue weighted by Crippen LogP contribution is 2.36. The van der Waals surface area contributed by atoms with Crippen LogP contribution in [-0.2, 0) is 0 Å². The van der Waals surface area contributed by atoms with Gasteiger partial charge in [0, 0.05) is 13.1 Å². The number of amides is 1. The van der Waals surface area contributed by atoms with Crippen molar-refractivity contribution >= 4 is 5.91 Å². The number of fused-ring (bicyclic) bond motifs is 1. The van der Waals surface area contributed by atoms with Crippen LogP contribution in [0.2, 0.25) is 0 Å².